The first kappa shape index (κ1) is 13.8. The van der Waals surface area contributed by atoms with Crippen LogP contribution in [-0.4, -0.2) is 0 Å². The van der Waals surface area contributed by atoms with Gasteiger partial charge >= 0.3 is 0 Å². The molecule has 0 aromatic heterocycles. The van der Waals surface area contributed by atoms with Crippen molar-refractivity contribution in [3.63, 3.8) is 0 Å². The summed E-state index contributed by atoms with van der Waals surface area (Å²) in [5, 5.41) is 0.506. The molecular weight excluding hydrogens is 265 g/mol. The molecule has 0 heterocycles. The van der Waals surface area contributed by atoms with E-state index in [0.717, 1.165) is 11.1 Å². The first-order valence-corrected chi connectivity index (χ1v) is 6.36. The molecule has 100 valence electrons. The Morgan fingerprint density at radius 1 is 1.26 bits per heavy atom. The molecule has 0 aliphatic heterocycles. The van der Waals surface area contributed by atoms with Gasteiger partial charge in [-0.2, -0.15) is 0 Å². The second-order valence-corrected chi connectivity index (χ2v) is 4.80. The van der Waals surface area contributed by atoms with Crippen molar-refractivity contribution in [2.24, 2.45) is 5.73 Å². The van der Waals surface area contributed by atoms with Crippen LogP contribution >= 0.6 is 11.6 Å². The van der Waals surface area contributed by atoms with E-state index in [-0.39, 0.29) is 18.5 Å². The number of hydrogen-bond donors (Lipinski definition) is 1. The number of benzene rings is 2. The van der Waals surface area contributed by atoms with E-state index < -0.39 is 0 Å². The zero-order chi connectivity index (χ0) is 13.8. The Bertz CT molecular complexity index is 572. The summed E-state index contributed by atoms with van der Waals surface area (Å²) in [5.74, 6) is 0.287. The fraction of sp³-hybridized carbons (Fsp3) is 0.200. The topological polar surface area (TPSA) is 35.2 Å². The number of hydrogen-bond acceptors (Lipinski definition) is 2. The van der Waals surface area contributed by atoms with Gasteiger partial charge in [0.15, 0.2) is 0 Å². The van der Waals surface area contributed by atoms with Crippen LogP contribution < -0.4 is 10.5 Å². The second kappa shape index (κ2) is 6.04. The van der Waals surface area contributed by atoms with Crippen LogP contribution in [0, 0.1) is 5.82 Å². The Hall–Kier alpha value is -1.58. The molecule has 19 heavy (non-hydrogen) atoms. The SMILES string of the molecule is C[C@@H](N)c1ccc(OCc2cccc(F)c2)c(Cl)c1. The predicted octanol–water partition coefficient (Wildman–Crippen LogP) is 4.08. The Morgan fingerprint density at radius 2 is 2.05 bits per heavy atom. The van der Waals surface area contributed by atoms with Crippen molar-refractivity contribution in [2.75, 3.05) is 0 Å². The minimum Gasteiger partial charge on any atom is -0.487 e. The van der Waals surface area contributed by atoms with E-state index >= 15 is 0 Å². The van der Waals surface area contributed by atoms with E-state index in [9.17, 15) is 4.39 Å². The third kappa shape index (κ3) is 3.69. The van der Waals surface area contributed by atoms with Crippen molar-refractivity contribution in [3.05, 3.63) is 64.4 Å². The Morgan fingerprint density at radius 3 is 2.68 bits per heavy atom. The van der Waals surface area contributed by atoms with Gasteiger partial charge in [-0.3, -0.25) is 0 Å². The normalized spacial score (nSPS) is 12.2. The minimum absolute atomic E-state index is 0.0743. The fourth-order valence-corrected chi connectivity index (χ4v) is 1.95. The minimum atomic E-state index is -0.278. The van der Waals surface area contributed by atoms with Gasteiger partial charge in [-0.1, -0.05) is 29.8 Å². The zero-order valence-corrected chi connectivity index (χ0v) is 11.3. The molecule has 2 rings (SSSR count). The molecule has 0 spiro atoms. The van der Waals surface area contributed by atoms with Crippen molar-refractivity contribution in [1.82, 2.24) is 0 Å². The molecule has 0 fully saturated rings. The third-order valence-electron chi connectivity index (χ3n) is 2.77. The maximum atomic E-state index is 13.0. The number of ether oxygens (including phenoxy) is 1. The van der Waals surface area contributed by atoms with E-state index in [1.165, 1.54) is 12.1 Å². The number of halogens is 2. The highest BCUT2D eigenvalue weighted by Gasteiger charge is 2.06. The van der Waals surface area contributed by atoms with Gasteiger partial charge in [0.2, 0.25) is 0 Å². The molecule has 2 aromatic rings. The molecule has 0 aliphatic rings. The van der Waals surface area contributed by atoms with Crippen LogP contribution in [-0.2, 0) is 6.61 Å². The first-order chi connectivity index (χ1) is 9.06. The molecule has 4 heteroatoms. The molecular formula is C15H15ClFNO. The molecule has 0 amide bonds. The lowest BCUT2D eigenvalue weighted by atomic mass is 10.1. The molecule has 0 saturated heterocycles. The largest absolute Gasteiger partial charge is 0.487 e. The fourth-order valence-electron chi connectivity index (χ4n) is 1.71. The lowest BCUT2D eigenvalue weighted by Gasteiger charge is -2.11. The van der Waals surface area contributed by atoms with Crippen LogP contribution in [0.15, 0.2) is 42.5 Å². The molecule has 2 N–H and O–H groups in total. The molecule has 1 atom stereocenters. The van der Waals surface area contributed by atoms with E-state index in [0.29, 0.717) is 10.8 Å². The third-order valence-corrected chi connectivity index (χ3v) is 3.06. The lowest BCUT2D eigenvalue weighted by molar-refractivity contribution is 0.305. The van der Waals surface area contributed by atoms with Crippen LogP contribution in [0.3, 0.4) is 0 Å². The summed E-state index contributed by atoms with van der Waals surface area (Å²) in [5.41, 5.74) is 7.48. The van der Waals surface area contributed by atoms with E-state index in [1.807, 2.05) is 13.0 Å². The average Bonchev–Trinajstić information content (AvgIpc) is 2.37. The predicted molar refractivity (Wildman–Crippen MR) is 74.8 cm³/mol. The monoisotopic (exact) mass is 279 g/mol. The number of rotatable bonds is 4. The number of nitrogens with two attached hydrogens (primary N) is 1. The van der Waals surface area contributed by atoms with Crippen LogP contribution in [0.1, 0.15) is 24.1 Å². The lowest BCUT2D eigenvalue weighted by Crippen LogP contribution is -2.05. The van der Waals surface area contributed by atoms with Gasteiger partial charge < -0.3 is 10.5 Å². The molecule has 2 nitrogen and oxygen atoms in total. The van der Waals surface area contributed by atoms with E-state index in [2.05, 4.69) is 0 Å². The molecule has 0 radical (unpaired) electrons. The van der Waals surface area contributed by atoms with Crippen molar-refractivity contribution < 1.29 is 9.13 Å². The van der Waals surface area contributed by atoms with Crippen LogP contribution in [0.25, 0.3) is 0 Å². The Labute approximate surface area is 117 Å². The smallest absolute Gasteiger partial charge is 0.138 e. The van der Waals surface area contributed by atoms with Gasteiger partial charge in [-0.15, -0.1) is 0 Å². The summed E-state index contributed by atoms with van der Waals surface area (Å²) < 4.78 is 18.6. The van der Waals surface area contributed by atoms with Crippen molar-refractivity contribution >= 4 is 11.6 Å². The summed E-state index contributed by atoms with van der Waals surface area (Å²) in [6, 6.07) is 11.6. The summed E-state index contributed by atoms with van der Waals surface area (Å²) in [6.07, 6.45) is 0. The molecule has 0 saturated carbocycles. The second-order valence-electron chi connectivity index (χ2n) is 4.40. The maximum absolute atomic E-state index is 13.0. The molecule has 0 aliphatic carbocycles. The molecule has 2 aromatic carbocycles. The Kier molecular flexibility index (Phi) is 4.40. The highest BCUT2D eigenvalue weighted by molar-refractivity contribution is 6.32. The van der Waals surface area contributed by atoms with E-state index in [4.69, 9.17) is 22.1 Å². The van der Waals surface area contributed by atoms with Crippen LogP contribution in [0.2, 0.25) is 5.02 Å². The molecule has 0 bridgehead atoms. The van der Waals surface area contributed by atoms with Crippen molar-refractivity contribution in [2.45, 2.75) is 19.6 Å². The van der Waals surface area contributed by atoms with Crippen molar-refractivity contribution in [3.8, 4) is 5.75 Å². The quantitative estimate of drug-likeness (QED) is 0.915. The van der Waals surface area contributed by atoms with E-state index in [1.54, 1.807) is 24.3 Å². The van der Waals surface area contributed by atoms with Crippen LogP contribution in [0.5, 0.6) is 5.75 Å². The van der Waals surface area contributed by atoms with Gasteiger partial charge in [-0.05, 0) is 42.3 Å². The zero-order valence-electron chi connectivity index (χ0n) is 10.6. The average molecular weight is 280 g/mol. The standard InChI is InChI=1S/C15H15ClFNO/c1-10(18)12-5-6-15(14(16)8-12)19-9-11-3-2-4-13(17)7-11/h2-8,10H,9,18H2,1H3/t10-/m1/s1. The van der Waals surface area contributed by atoms with Gasteiger partial charge in [0.1, 0.15) is 18.2 Å². The summed E-state index contributed by atoms with van der Waals surface area (Å²) in [4.78, 5) is 0. The van der Waals surface area contributed by atoms with Crippen LogP contribution in [0.4, 0.5) is 4.39 Å². The van der Waals surface area contributed by atoms with Gasteiger partial charge in [-0.25, -0.2) is 4.39 Å². The first-order valence-electron chi connectivity index (χ1n) is 5.98. The molecule has 0 unspecified atom stereocenters. The highest BCUT2D eigenvalue weighted by Crippen LogP contribution is 2.28. The summed E-state index contributed by atoms with van der Waals surface area (Å²) >= 11 is 6.12. The van der Waals surface area contributed by atoms with Gasteiger partial charge in [0, 0.05) is 6.04 Å². The van der Waals surface area contributed by atoms with Gasteiger partial charge in [0.05, 0.1) is 5.02 Å². The summed E-state index contributed by atoms with van der Waals surface area (Å²) in [6.45, 7) is 2.16. The summed E-state index contributed by atoms with van der Waals surface area (Å²) in [7, 11) is 0. The maximum Gasteiger partial charge on any atom is 0.138 e. The van der Waals surface area contributed by atoms with Gasteiger partial charge in [0.25, 0.3) is 0 Å². The van der Waals surface area contributed by atoms with Crippen molar-refractivity contribution in [1.29, 1.82) is 0 Å². The Balaban J connectivity index is 2.07. The highest BCUT2D eigenvalue weighted by atomic mass is 35.5.